The zero-order valence-electron chi connectivity index (χ0n) is 19.0. The first-order valence-electron chi connectivity index (χ1n) is 10.4. The Kier molecular flexibility index (Phi) is 8.40. The van der Waals surface area contributed by atoms with E-state index in [9.17, 15) is 14.7 Å². The molecule has 0 bridgehead atoms. The van der Waals surface area contributed by atoms with Gasteiger partial charge in [0.1, 0.15) is 23.2 Å². The van der Waals surface area contributed by atoms with Crippen LogP contribution in [0.3, 0.4) is 0 Å². The van der Waals surface area contributed by atoms with Crippen molar-refractivity contribution in [2.75, 3.05) is 14.2 Å². The van der Waals surface area contributed by atoms with E-state index < -0.39 is 23.6 Å². The monoisotopic (exact) mass is 515 g/mol. The molecule has 182 valence electrons. The molecule has 9 heteroatoms. The number of rotatable bonds is 9. The molecule has 0 aliphatic heterocycles. The van der Waals surface area contributed by atoms with E-state index in [1.165, 1.54) is 14.2 Å². The van der Waals surface area contributed by atoms with Crippen molar-refractivity contribution in [2.24, 2.45) is 0 Å². The number of carboxylic acid groups (broad SMARTS) is 1. The van der Waals surface area contributed by atoms with Crippen LogP contribution < -0.4 is 14.8 Å². The fourth-order valence-electron chi connectivity index (χ4n) is 3.64. The number of carbonyl (C=O) groups is 2. The molecule has 0 radical (unpaired) electrons. The maximum atomic E-state index is 12.1. The van der Waals surface area contributed by atoms with Gasteiger partial charge in [-0.05, 0) is 35.4 Å². The van der Waals surface area contributed by atoms with Gasteiger partial charge in [-0.15, -0.1) is 0 Å². The minimum atomic E-state index is -1.41. The van der Waals surface area contributed by atoms with Crippen LogP contribution in [0, 0.1) is 0 Å². The molecule has 3 aromatic rings. The highest BCUT2D eigenvalue weighted by molar-refractivity contribution is 6.35. The Morgan fingerprint density at radius 3 is 2.37 bits per heavy atom. The molecule has 1 atom stereocenters. The Morgan fingerprint density at radius 1 is 1.03 bits per heavy atom. The van der Waals surface area contributed by atoms with Crippen molar-refractivity contribution < 1.29 is 29.3 Å². The van der Waals surface area contributed by atoms with Gasteiger partial charge in [0.15, 0.2) is 0 Å². The number of hydrogen-bond donors (Lipinski definition) is 3. The summed E-state index contributed by atoms with van der Waals surface area (Å²) in [6, 6.07) is 15.4. The van der Waals surface area contributed by atoms with E-state index in [1.807, 2.05) is 0 Å². The van der Waals surface area contributed by atoms with E-state index in [0.29, 0.717) is 49.4 Å². The highest BCUT2D eigenvalue weighted by Gasteiger charge is 2.24. The number of benzene rings is 3. The minimum Gasteiger partial charge on any atom is -0.496 e. The summed E-state index contributed by atoms with van der Waals surface area (Å²) in [4.78, 5) is 23.1. The third-order valence-corrected chi connectivity index (χ3v) is 5.94. The lowest BCUT2D eigenvalue weighted by Gasteiger charge is -2.22. The van der Waals surface area contributed by atoms with E-state index in [-0.39, 0.29) is 6.54 Å². The zero-order valence-corrected chi connectivity index (χ0v) is 20.5. The molecule has 0 aliphatic rings. The fraction of sp³-hybridized carbons (Fsp3) is 0.154. The Bertz CT molecular complexity index is 1290. The van der Waals surface area contributed by atoms with Gasteiger partial charge in [-0.1, -0.05) is 60.1 Å². The van der Waals surface area contributed by atoms with Gasteiger partial charge in [-0.3, -0.25) is 4.79 Å². The minimum absolute atomic E-state index is 0.0287. The summed E-state index contributed by atoms with van der Waals surface area (Å²) in [6.07, 6.45) is -1.09. The Morgan fingerprint density at radius 2 is 1.74 bits per heavy atom. The Hall–Kier alpha value is -3.52. The van der Waals surface area contributed by atoms with E-state index in [0.717, 1.165) is 0 Å². The van der Waals surface area contributed by atoms with Gasteiger partial charge < -0.3 is 25.0 Å². The van der Waals surface area contributed by atoms with Crippen molar-refractivity contribution in [2.45, 2.75) is 12.6 Å². The smallest absolute Gasteiger partial charge is 0.340 e. The van der Waals surface area contributed by atoms with Gasteiger partial charge in [-0.2, -0.15) is 0 Å². The lowest BCUT2D eigenvalue weighted by molar-refractivity contribution is -0.134. The normalized spacial score (nSPS) is 11.5. The average molecular weight is 516 g/mol. The molecule has 1 amide bonds. The largest absolute Gasteiger partial charge is 0.496 e. The first-order chi connectivity index (χ1) is 16.7. The van der Waals surface area contributed by atoms with Crippen LogP contribution in [0.2, 0.25) is 10.0 Å². The fourth-order valence-corrected chi connectivity index (χ4v) is 4.15. The van der Waals surface area contributed by atoms with Gasteiger partial charge in [-0.25, -0.2) is 4.79 Å². The summed E-state index contributed by atoms with van der Waals surface area (Å²) in [6.45, 7) is 3.24. The topological polar surface area (TPSA) is 105 Å². The summed E-state index contributed by atoms with van der Waals surface area (Å²) in [7, 11) is 2.97. The highest BCUT2D eigenvalue weighted by Crippen LogP contribution is 2.45. The van der Waals surface area contributed by atoms with Crippen molar-refractivity contribution in [3.8, 4) is 22.6 Å². The summed E-state index contributed by atoms with van der Waals surface area (Å²) < 4.78 is 11.3. The second-order valence-corrected chi connectivity index (χ2v) is 8.30. The molecule has 3 N–H and O–H groups in total. The van der Waals surface area contributed by atoms with E-state index >= 15 is 0 Å². The van der Waals surface area contributed by atoms with Gasteiger partial charge in [0.25, 0.3) is 5.91 Å². The molecular weight excluding hydrogens is 493 g/mol. The number of methoxy groups -OCH3 is 2. The van der Waals surface area contributed by atoms with Crippen LogP contribution in [-0.2, 0) is 16.1 Å². The lowest BCUT2D eigenvalue weighted by Crippen LogP contribution is -2.27. The van der Waals surface area contributed by atoms with Gasteiger partial charge in [0.05, 0.1) is 19.8 Å². The van der Waals surface area contributed by atoms with Crippen LogP contribution in [0.25, 0.3) is 11.1 Å². The van der Waals surface area contributed by atoms with Crippen LogP contribution in [0.5, 0.6) is 11.5 Å². The average Bonchev–Trinajstić information content (AvgIpc) is 2.85. The Balaban J connectivity index is 2.11. The van der Waals surface area contributed by atoms with E-state index in [2.05, 4.69) is 11.9 Å². The number of aliphatic hydroxyl groups excluding tert-OH is 1. The third kappa shape index (κ3) is 5.59. The van der Waals surface area contributed by atoms with Gasteiger partial charge in [0.2, 0.25) is 0 Å². The zero-order chi connectivity index (χ0) is 25.7. The molecule has 0 aromatic heterocycles. The number of carbonyl (C=O) groups excluding carboxylic acids is 1. The number of nitrogens with one attached hydrogen (secondary N) is 1. The SMILES string of the molecule is C=C(C(=O)O)C(=O)NCc1ccc(OC)c(-c2ccccc2C(O)c2ccc(Cl)cc2Cl)c1OC. The highest BCUT2D eigenvalue weighted by atomic mass is 35.5. The number of aliphatic hydroxyl groups is 1. The van der Waals surface area contributed by atoms with E-state index in [1.54, 1.807) is 54.6 Å². The first-order valence-corrected chi connectivity index (χ1v) is 11.1. The van der Waals surface area contributed by atoms with Crippen LogP contribution in [0.1, 0.15) is 22.8 Å². The van der Waals surface area contributed by atoms with E-state index in [4.69, 9.17) is 37.8 Å². The number of carboxylic acids is 1. The Labute approximate surface area is 212 Å². The first kappa shape index (κ1) is 26.1. The predicted octanol–water partition coefficient (Wildman–Crippen LogP) is 5.02. The maximum Gasteiger partial charge on any atom is 0.340 e. The van der Waals surface area contributed by atoms with Crippen LogP contribution >= 0.6 is 23.2 Å². The van der Waals surface area contributed by atoms with Crippen molar-refractivity contribution in [1.29, 1.82) is 0 Å². The molecule has 0 heterocycles. The van der Waals surface area contributed by atoms with Crippen LogP contribution in [0.4, 0.5) is 0 Å². The van der Waals surface area contributed by atoms with Crippen molar-refractivity contribution in [3.63, 3.8) is 0 Å². The third-order valence-electron chi connectivity index (χ3n) is 5.38. The predicted molar refractivity (Wildman–Crippen MR) is 134 cm³/mol. The molecule has 0 spiro atoms. The summed E-state index contributed by atoms with van der Waals surface area (Å²) >= 11 is 12.4. The van der Waals surface area contributed by atoms with Gasteiger partial charge in [0, 0.05) is 27.7 Å². The number of halogens is 2. The maximum absolute atomic E-state index is 12.1. The number of ether oxygens (including phenoxy) is 2. The summed E-state index contributed by atoms with van der Waals surface area (Å²) in [5.41, 5.74) is 2.14. The number of amides is 1. The number of aliphatic carboxylic acids is 1. The molecular formula is C26H23Cl2NO6. The summed E-state index contributed by atoms with van der Waals surface area (Å²) in [5, 5.41) is 23.5. The quantitative estimate of drug-likeness (QED) is 0.210. The molecule has 35 heavy (non-hydrogen) atoms. The van der Waals surface area contributed by atoms with Gasteiger partial charge >= 0.3 is 5.97 Å². The molecule has 0 fully saturated rings. The molecule has 3 aromatic carbocycles. The van der Waals surface area contributed by atoms with Crippen LogP contribution in [0.15, 0.2) is 66.7 Å². The molecule has 1 unspecified atom stereocenters. The second-order valence-electron chi connectivity index (χ2n) is 7.46. The molecule has 0 saturated carbocycles. The second kappa shape index (κ2) is 11.3. The standard InChI is InChI=1S/C26H23Cl2NO6/c1-14(26(32)33)25(31)29-13-15-8-11-21(34-2)22(24(15)35-3)17-6-4-5-7-18(17)23(30)19-10-9-16(27)12-20(19)28/h4-12,23,30H,1,13H2,2-3H3,(H,29,31)(H,32,33). The summed E-state index contributed by atoms with van der Waals surface area (Å²) in [5.74, 6) is -1.38. The molecule has 0 aliphatic carbocycles. The number of hydrogen-bond acceptors (Lipinski definition) is 5. The van der Waals surface area contributed by atoms with Crippen molar-refractivity contribution >= 4 is 35.1 Å². The molecule has 0 saturated heterocycles. The molecule has 7 nitrogen and oxygen atoms in total. The van der Waals surface area contributed by atoms with Crippen molar-refractivity contribution in [1.82, 2.24) is 5.32 Å². The van der Waals surface area contributed by atoms with Crippen molar-refractivity contribution in [3.05, 3.63) is 93.5 Å². The lowest BCUT2D eigenvalue weighted by atomic mass is 9.90. The van der Waals surface area contributed by atoms with Crippen LogP contribution in [-0.4, -0.2) is 36.3 Å². The molecule has 3 rings (SSSR count).